The number of amides is 2. The van der Waals surface area contributed by atoms with Gasteiger partial charge in [-0.15, -0.1) is 10.2 Å². The first kappa shape index (κ1) is 32.5. The summed E-state index contributed by atoms with van der Waals surface area (Å²) in [6, 6.07) is 19.0. The fraction of sp³-hybridized carbons (Fsp3) is 0.312. The van der Waals surface area contributed by atoms with Crippen LogP contribution >= 0.6 is 11.8 Å². The van der Waals surface area contributed by atoms with Crippen LogP contribution in [0.25, 0.3) is 5.69 Å². The van der Waals surface area contributed by atoms with Crippen molar-refractivity contribution in [3.05, 3.63) is 83.7 Å². The molecule has 2 aliphatic rings. The number of carbonyl (C=O) groups excluding carboxylic acids is 2. The first-order chi connectivity index (χ1) is 22.8. The maximum Gasteiger partial charge on any atom is 0.251 e. The van der Waals surface area contributed by atoms with Crippen molar-refractivity contribution in [3.63, 3.8) is 0 Å². The Bertz CT molecular complexity index is 1870. The number of fused-ring (bicyclic) bond motifs is 1. The van der Waals surface area contributed by atoms with E-state index >= 15 is 0 Å². The van der Waals surface area contributed by atoms with Crippen LogP contribution in [0.15, 0.2) is 76.8 Å². The summed E-state index contributed by atoms with van der Waals surface area (Å²) in [5.74, 6) is 1.10. The smallest absolute Gasteiger partial charge is 0.251 e. The fourth-order valence-electron chi connectivity index (χ4n) is 5.50. The zero-order chi connectivity index (χ0) is 33.0. The third kappa shape index (κ3) is 6.83. The van der Waals surface area contributed by atoms with E-state index in [0.717, 1.165) is 17.7 Å². The topological polar surface area (TPSA) is 145 Å². The van der Waals surface area contributed by atoms with Crippen molar-refractivity contribution in [1.82, 2.24) is 24.4 Å². The highest BCUT2D eigenvalue weighted by atomic mass is 32.2. The Balaban J connectivity index is 1.21. The van der Waals surface area contributed by atoms with Gasteiger partial charge in [0.2, 0.25) is 15.9 Å². The van der Waals surface area contributed by atoms with Gasteiger partial charge in [0.1, 0.15) is 11.5 Å². The number of rotatable bonds is 11. The number of nitrogens with zero attached hydrogens (tertiary/aromatic N) is 5. The van der Waals surface area contributed by atoms with Crippen LogP contribution in [-0.4, -0.2) is 92.1 Å². The molecule has 3 heterocycles. The van der Waals surface area contributed by atoms with Crippen LogP contribution in [0.3, 0.4) is 0 Å². The van der Waals surface area contributed by atoms with E-state index in [2.05, 4.69) is 15.5 Å². The molecule has 0 spiro atoms. The second-order valence-electron chi connectivity index (χ2n) is 10.7. The van der Waals surface area contributed by atoms with Gasteiger partial charge in [0.25, 0.3) is 5.91 Å². The second kappa shape index (κ2) is 14.1. The molecule has 0 aliphatic carbocycles. The van der Waals surface area contributed by atoms with E-state index in [4.69, 9.17) is 14.2 Å². The number of benzene rings is 3. The van der Waals surface area contributed by atoms with Gasteiger partial charge in [0.15, 0.2) is 11.0 Å². The number of morpholine rings is 1. The largest absolute Gasteiger partial charge is 0.497 e. The standard InChI is InChI=1S/C32H34N6O7S2/c1-43-24-9-12-28(44-2)27(19-24)38-29(34-35-32(38)46-21-30(39)37-14-13-22-5-3-4-6-26(22)37)20-33-31(40)23-7-10-25(11-8-23)47(41,42)36-15-17-45-18-16-36/h3-12,19H,13-18,20-21H2,1-2H3,(H,33,40). The predicted octanol–water partition coefficient (Wildman–Crippen LogP) is 2.92. The van der Waals surface area contributed by atoms with E-state index in [-0.39, 0.29) is 41.8 Å². The molecule has 0 saturated carbocycles. The van der Waals surface area contributed by atoms with Crippen molar-refractivity contribution in [1.29, 1.82) is 0 Å². The zero-order valence-corrected chi connectivity index (χ0v) is 27.6. The first-order valence-electron chi connectivity index (χ1n) is 14.9. The minimum Gasteiger partial charge on any atom is -0.497 e. The molecular formula is C32H34N6O7S2. The van der Waals surface area contributed by atoms with Gasteiger partial charge in [-0.2, -0.15) is 4.31 Å². The van der Waals surface area contributed by atoms with Gasteiger partial charge in [-0.25, -0.2) is 8.42 Å². The van der Waals surface area contributed by atoms with Gasteiger partial charge < -0.3 is 24.4 Å². The molecule has 4 aromatic rings. The molecule has 3 aromatic carbocycles. The predicted molar refractivity (Wildman–Crippen MR) is 175 cm³/mol. The lowest BCUT2D eigenvalue weighted by Crippen LogP contribution is -2.40. The van der Waals surface area contributed by atoms with Gasteiger partial charge >= 0.3 is 0 Å². The molecule has 2 aliphatic heterocycles. The van der Waals surface area contributed by atoms with Crippen LogP contribution in [0.2, 0.25) is 0 Å². The van der Waals surface area contributed by atoms with E-state index in [1.807, 2.05) is 24.3 Å². The average molecular weight is 679 g/mol. The SMILES string of the molecule is COc1ccc(OC)c(-n2c(CNC(=O)c3ccc(S(=O)(=O)N4CCOCC4)cc3)nnc2SCC(=O)N2CCc3ccccc32)c1. The van der Waals surface area contributed by atoms with Gasteiger partial charge in [0, 0.05) is 37.0 Å². The highest BCUT2D eigenvalue weighted by Crippen LogP contribution is 2.33. The molecule has 1 fully saturated rings. The minimum absolute atomic E-state index is 0.0198. The zero-order valence-electron chi connectivity index (χ0n) is 25.9. The number of hydrogen-bond acceptors (Lipinski definition) is 10. The quantitative estimate of drug-likeness (QED) is 0.235. The van der Waals surface area contributed by atoms with E-state index in [1.54, 1.807) is 41.9 Å². The van der Waals surface area contributed by atoms with Gasteiger partial charge in [0.05, 0.1) is 50.3 Å². The molecule has 15 heteroatoms. The van der Waals surface area contributed by atoms with E-state index < -0.39 is 15.9 Å². The highest BCUT2D eigenvalue weighted by molar-refractivity contribution is 7.99. The van der Waals surface area contributed by atoms with Crippen molar-refractivity contribution in [2.75, 3.05) is 57.7 Å². The minimum atomic E-state index is -3.69. The number of para-hydroxylation sites is 1. The van der Waals surface area contributed by atoms with Crippen molar-refractivity contribution in [2.24, 2.45) is 0 Å². The number of ether oxygens (including phenoxy) is 3. The van der Waals surface area contributed by atoms with Crippen molar-refractivity contribution >= 4 is 39.3 Å². The highest BCUT2D eigenvalue weighted by Gasteiger charge is 2.28. The van der Waals surface area contributed by atoms with Gasteiger partial charge in [-0.05, 0) is 54.4 Å². The summed E-state index contributed by atoms with van der Waals surface area (Å²) >= 11 is 1.23. The summed E-state index contributed by atoms with van der Waals surface area (Å²) in [4.78, 5) is 28.4. The van der Waals surface area contributed by atoms with E-state index in [0.29, 0.717) is 47.9 Å². The van der Waals surface area contributed by atoms with Crippen LogP contribution in [0.4, 0.5) is 5.69 Å². The molecule has 2 amide bonds. The fourth-order valence-corrected chi connectivity index (χ4v) is 7.75. The Morgan fingerprint density at radius 2 is 1.70 bits per heavy atom. The first-order valence-corrected chi connectivity index (χ1v) is 17.4. The number of anilines is 1. The number of nitrogens with one attached hydrogen (secondary N) is 1. The van der Waals surface area contributed by atoms with Crippen LogP contribution in [-0.2, 0) is 32.5 Å². The summed E-state index contributed by atoms with van der Waals surface area (Å²) in [6.45, 7) is 1.85. The number of thioether (sulfide) groups is 1. The number of methoxy groups -OCH3 is 2. The van der Waals surface area contributed by atoms with Crippen LogP contribution < -0.4 is 19.7 Å². The van der Waals surface area contributed by atoms with E-state index in [1.165, 1.54) is 40.3 Å². The Morgan fingerprint density at radius 3 is 2.45 bits per heavy atom. The lowest BCUT2D eigenvalue weighted by atomic mass is 10.2. The number of aromatic nitrogens is 3. The van der Waals surface area contributed by atoms with Crippen molar-refractivity contribution in [3.8, 4) is 17.2 Å². The Hall–Kier alpha value is -4.44. The molecule has 0 radical (unpaired) electrons. The van der Waals surface area contributed by atoms with Gasteiger partial charge in [-0.3, -0.25) is 14.2 Å². The molecule has 6 rings (SSSR count). The number of carbonyl (C=O) groups is 2. The third-order valence-electron chi connectivity index (χ3n) is 7.97. The summed E-state index contributed by atoms with van der Waals surface area (Å²) < 4.78 is 45.4. The second-order valence-corrected chi connectivity index (χ2v) is 13.6. The van der Waals surface area contributed by atoms with Gasteiger partial charge in [-0.1, -0.05) is 30.0 Å². The molecular weight excluding hydrogens is 645 g/mol. The molecule has 1 aromatic heterocycles. The third-order valence-corrected chi connectivity index (χ3v) is 10.8. The van der Waals surface area contributed by atoms with E-state index in [9.17, 15) is 18.0 Å². The summed E-state index contributed by atoms with van der Waals surface area (Å²) in [5.41, 5.74) is 2.91. The average Bonchev–Trinajstić information content (AvgIpc) is 3.74. The lowest BCUT2D eigenvalue weighted by molar-refractivity contribution is -0.116. The molecule has 0 atom stereocenters. The van der Waals surface area contributed by atoms with Crippen LogP contribution in [0.1, 0.15) is 21.7 Å². The van der Waals surface area contributed by atoms with Crippen LogP contribution in [0, 0.1) is 0 Å². The number of sulfonamides is 1. The maximum atomic E-state index is 13.3. The lowest BCUT2D eigenvalue weighted by Gasteiger charge is -2.26. The molecule has 0 unspecified atom stereocenters. The normalized spacial score (nSPS) is 14.9. The van der Waals surface area contributed by atoms with Crippen molar-refractivity contribution < 1.29 is 32.2 Å². The number of hydrogen-bond donors (Lipinski definition) is 1. The summed E-state index contributed by atoms with van der Waals surface area (Å²) in [6.07, 6.45) is 0.806. The molecule has 0 bridgehead atoms. The molecule has 1 N–H and O–H groups in total. The Kier molecular flexibility index (Phi) is 9.77. The van der Waals surface area contributed by atoms with Crippen molar-refractivity contribution in [2.45, 2.75) is 23.0 Å². The molecule has 1 saturated heterocycles. The molecule has 47 heavy (non-hydrogen) atoms. The molecule has 246 valence electrons. The monoisotopic (exact) mass is 678 g/mol. The molecule has 13 nitrogen and oxygen atoms in total. The maximum absolute atomic E-state index is 13.3. The Morgan fingerprint density at radius 1 is 0.936 bits per heavy atom. The van der Waals surface area contributed by atoms with Crippen LogP contribution in [0.5, 0.6) is 11.5 Å². The summed E-state index contributed by atoms with van der Waals surface area (Å²) in [5, 5.41) is 12.0. The Labute approximate surface area is 276 Å². The summed E-state index contributed by atoms with van der Waals surface area (Å²) in [7, 11) is -0.592.